The number of methoxy groups -OCH3 is 1. The van der Waals surface area contributed by atoms with Gasteiger partial charge in [-0.1, -0.05) is 0 Å². The fourth-order valence-corrected chi connectivity index (χ4v) is 0.844. The number of carbonyl (C=O) groups excluding carboxylic acids is 2. The molecule has 0 spiro atoms. The van der Waals surface area contributed by atoms with Gasteiger partial charge in [-0.25, -0.2) is 0 Å². The summed E-state index contributed by atoms with van der Waals surface area (Å²) in [6.45, 7) is 3.27. The van der Waals surface area contributed by atoms with Crippen molar-refractivity contribution in [1.82, 2.24) is 10.2 Å². The Morgan fingerprint density at radius 2 is 2.00 bits per heavy atom. The van der Waals surface area contributed by atoms with E-state index in [0.29, 0.717) is 19.8 Å². The quantitative estimate of drug-likeness (QED) is 0.559. The van der Waals surface area contributed by atoms with Gasteiger partial charge in [0.1, 0.15) is 6.61 Å². The van der Waals surface area contributed by atoms with Crippen LogP contribution in [0.1, 0.15) is 6.92 Å². The SMILES string of the molecule is CCN(C)C(=O)CNC(=O)COCCOC. The zero-order valence-electron chi connectivity index (χ0n) is 10.1. The third-order valence-corrected chi connectivity index (χ3v) is 2.00. The number of nitrogens with zero attached hydrogens (tertiary/aromatic N) is 1. The maximum atomic E-state index is 11.3. The molecule has 94 valence electrons. The van der Waals surface area contributed by atoms with Crippen LogP contribution in [0.25, 0.3) is 0 Å². The van der Waals surface area contributed by atoms with Crippen LogP contribution < -0.4 is 5.32 Å². The molecule has 6 heteroatoms. The summed E-state index contributed by atoms with van der Waals surface area (Å²) in [6, 6.07) is 0. The first-order valence-electron chi connectivity index (χ1n) is 5.19. The molecule has 0 fully saturated rings. The minimum Gasteiger partial charge on any atom is -0.382 e. The Morgan fingerprint density at radius 3 is 2.56 bits per heavy atom. The molecule has 0 aliphatic rings. The normalized spacial score (nSPS) is 9.94. The van der Waals surface area contributed by atoms with E-state index in [1.54, 1.807) is 14.2 Å². The van der Waals surface area contributed by atoms with Crippen molar-refractivity contribution in [3.05, 3.63) is 0 Å². The van der Waals surface area contributed by atoms with Crippen molar-refractivity contribution < 1.29 is 19.1 Å². The van der Waals surface area contributed by atoms with E-state index in [2.05, 4.69) is 5.32 Å². The fraction of sp³-hybridized carbons (Fsp3) is 0.800. The van der Waals surface area contributed by atoms with E-state index in [1.165, 1.54) is 4.90 Å². The summed E-state index contributed by atoms with van der Waals surface area (Å²) in [5.41, 5.74) is 0. The van der Waals surface area contributed by atoms with Crippen molar-refractivity contribution >= 4 is 11.8 Å². The molecule has 0 saturated carbocycles. The van der Waals surface area contributed by atoms with Crippen molar-refractivity contribution in [2.45, 2.75) is 6.92 Å². The number of ether oxygens (including phenoxy) is 2. The van der Waals surface area contributed by atoms with Gasteiger partial charge in [0.2, 0.25) is 11.8 Å². The number of hydrogen-bond acceptors (Lipinski definition) is 4. The smallest absolute Gasteiger partial charge is 0.246 e. The van der Waals surface area contributed by atoms with Crippen molar-refractivity contribution in [2.75, 3.05) is 47.1 Å². The average Bonchev–Trinajstić information content (AvgIpc) is 2.30. The third kappa shape index (κ3) is 7.19. The van der Waals surface area contributed by atoms with Crippen LogP contribution in [0, 0.1) is 0 Å². The van der Waals surface area contributed by atoms with Crippen molar-refractivity contribution in [1.29, 1.82) is 0 Å². The van der Waals surface area contributed by atoms with E-state index in [-0.39, 0.29) is 25.0 Å². The van der Waals surface area contributed by atoms with Crippen molar-refractivity contribution in [3.8, 4) is 0 Å². The molecule has 1 N–H and O–H groups in total. The second kappa shape index (κ2) is 9.11. The second-order valence-corrected chi connectivity index (χ2v) is 3.23. The predicted octanol–water partition coefficient (Wildman–Crippen LogP) is -0.756. The summed E-state index contributed by atoms with van der Waals surface area (Å²) in [4.78, 5) is 24.0. The molecule has 0 radical (unpaired) electrons. The molecular formula is C10H20N2O4. The highest BCUT2D eigenvalue weighted by atomic mass is 16.5. The fourth-order valence-electron chi connectivity index (χ4n) is 0.844. The summed E-state index contributed by atoms with van der Waals surface area (Å²) < 4.78 is 9.74. The zero-order chi connectivity index (χ0) is 12.4. The van der Waals surface area contributed by atoms with Gasteiger partial charge in [0, 0.05) is 20.7 Å². The van der Waals surface area contributed by atoms with Gasteiger partial charge in [0.15, 0.2) is 0 Å². The van der Waals surface area contributed by atoms with E-state index in [9.17, 15) is 9.59 Å². The standard InChI is InChI=1S/C10H20N2O4/c1-4-12(2)10(14)7-11-9(13)8-16-6-5-15-3/h4-8H2,1-3H3,(H,11,13). The average molecular weight is 232 g/mol. The molecule has 0 aromatic carbocycles. The zero-order valence-corrected chi connectivity index (χ0v) is 10.1. The second-order valence-electron chi connectivity index (χ2n) is 3.23. The molecule has 0 atom stereocenters. The molecule has 0 aliphatic heterocycles. The van der Waals surface area contributed by atoms with Gasteiger partial charge in [-0.05, 0) is 6.92 Å². The number of nitrogens with one attached hydrogen (secondary N) is 1. The maximum Gasteiger partial charge on any atom is 0.246 e. The molecule has 0 aromatic heterocycles. The summed E-state index contributed by atoms with van der Waals surface area (Å²) in [6.07, 6.45) is 0. The van der Waals surface area contributed by atoms with Gasteiger partial charge < -0.3 is 19.7 Å². The lowest BCUT2D eigenvalue weighted by atomic mass is 10.5. The molecule has 0 unspecified atom stereocenters. The van der Waals surface area contributed by atoms with Crippen LogP contribution in [-0.2, 0) is 19.1 Å². The summed E-state index contributed by atoms with van der Waals surface area (Å²) in [5.74, 6) is -0.415. The highest BCUT2D eigenvalue weighted by molar-refractivity contribution is 5.85. The largest absolute Gasteiger partial charge is 0.382 e. The van der Waals surface area contributed by atoms with Crippen molar-refractivity contribution in [2.24, 2.45) is 0 Å². The topological polar surface area (TPSA) is 67.9 Å². The molecule has 16 heavy (non-hydrogen) atoms. The van der Waals surface area contributed by atoms with Crippen LogP contribution >= 0.6 is 0 Å². The Kier molecular flexibility index (Phi) is 8.46. The lowest BCUT2D eigenvalue weighted by Crippen LogP contribution is -2.39. The maximum absolute atomic E-state index is 11.3. The van der Waals surface area contributed by atoms with Crippen LogP contribution in [0.2, 0.25) is 0 Å². The lowest BCUT2D eigenvalue weighted by molar-refractivity contribution is -0.133. The number of amides is 2. The number of likely N-dealkylation sites (N-methyl/N-ethyl adjacent to an activating group) is 1. The Labute approximate surface area is 95.9 Å². The first kappa shape index (κ1) is 14.9. The van der Waals surface area contributed by atoms with Gasteiger partial charge >= 0.3 is 0 Å². The molecule has 6 nitrogen and oxygen atoms in total. The lowest BCUT2D eigenvalue weighted by Gasteiger charge is -2.14. The van der Waals surface area contributed by atoms with Gasteiger partial charge in [-0.3, -0.25) is 9.59 Å². The minimum absolute atomic E-state index is 0.0107. The molecule has 0 aliphatic carbocycles. The van der Waals surface area contributed by atoms with Crippen LogP contribution in [0.15, 0.2) is 0 Å². The summed E-state index contributed by atoms with van der Waals surface area (Å²) >= 11 is 0. The van der Waals surface area contributed by atoms with Crippen LogP contribution in [0.3, 0.4) is 0 Å². The monoisotopic (exact) mass is 232 g/mol. The van der Waals surface area contributed by atoms with E-state index in [0.717, 1.165) is 0 Å². The Hall–Kier alpha value is -1.14. The highest BCUT2D eigenvalue weighted by Gasteiger charge is 2.08. The highest BCUT2D eigenvalue weighted by Crippen LogP contribution is 1.82. The van der Waals surface area contributed by atoms with E-state index >= 15 is 0 Å². The van der Waals surface area contributed by atoms with Gasteiger partial charge in [0.05, 0.1) is 19.8 Å². The number of hydrogen-bond donors (Lipinski definition) is 1. The summed E-state index contributed by atoms with van der Waals surface area (Å²) in [7, 11) is 3.24. The van der Waals surface area contributed by atoms with Gasteiger partial charge in [-0.15, -0.1) is 0 Å². The molecule has 0 bridgehead atoms. The number of carbonyl (C=O) groups is 2. The Balaban J connectivity index is 3.53. The first-order valence-corrected chi connectivity index (χ1v) is 5.19. The van der Waals surface area contributed by atoms with E-state index < -0.39 is 0 Å². The van der Waals surface area contributed by atoms with Crippen LogP contribution in [0.5, 0.6) is 0 Å². The van der Waals surface area contributed by atoms with Crippen molar-refractivity contribution in [3.63, 3.8) is 0 Å². The predicted molar refractivity (Wildman–Crippen MR) is 59.0 cm³/mol. The molecule has 2 amide bonds. The molecule has 0 saturated heterocycles. The van der Waals surface area contributed by atoms with E-state index in [4.69, 9.17) is 9.47 Å². The van der Waals surface area contributed by atoms with Gasteiger partial charge in [-0.2, -0.15) is 0 Å². The molecule has 0 rings (SSSR count). The van der Waals surface area contributed by atoms with Crippen LogP contribution in [0.4, 0.5) is 0 Å². The van der Waals surface area contributed by atoms with E-state index in [1.807, 2.05) is 6.92 Å². The molecule has 0 heterocycles. The molecular weight excluding hydrogens is 212 g/mol. The summed E-state index contributed by atoms with van der Waals surface area (Å²) in [5, 5.41) is 2.48. The minimum atomic E-state index is -0.297. The number of rotatable bonds is 8. The Morgan fingerprint density at radius 1 is 1.31 bits per heavy atom. The molecule has 0 aromatic rings. The first-order chi connectivity index (χ1) is 7.61. The van der Waals surface area contributed by atoms with Crippen LogP contribution in [-0.4, -0.2) is 63.8 Å². The Bertz CT molecular complexity index is 221. The third-order valence-electron chi connectivity index (χ3n) is 2.00. The van der Waals surface area contributed by atoms with Gasteiger partial charge in [0.25, 0.3) is 0 Å².